The minimum atomic E-state index is -2.40. The molecule has 5 aromatic rings. The van der Waals surface area contributed by atoms with Crippen molar-refractivity contribution >= 4 is 59.4 Å². The third-order valence-electron chi connectivity index (χ3n) is 13.2. The first kappa shape index (κ1) is 38.0. The quantitative estimate of drug-likeness (QED) is 0.152. The molecule has 58 heavy (non-hydrogen) atoms. The molecule has 0 saturated carbocycles. The van der Waals surface area contributed by atoms with Crippen molar-refractivity contribution in [3.05, 3.63) is 138 Å². The lowest BCUT2D eigenvalue weighted by Crippen LogP contribution is -2.51. The highest BCUT2D eigenvalue weighted by Crippen LogP contribution is 2.61. The average Bonchev–Trinajstić information content (AvgIpc) is 3.67. The van der Waals surface area contributed by atoms with Gasteiger partial charge in [0.05, 0.1) is 44.9 Å². The van der Waals surface area contributed by atoms with Crippen molar-refractivity contribution in [2.75, 3.05) is 28.4 Å². The number of aliphatic hydroxyl groups excluding tert-OH is 1. The lowest BCUT2D eigenvalue weighted by atomic mass is 9.82. The number of ether oxygens (including phenoxy) is 2. The Morgan fingerprint density at radius 2 is 1.33 bits per heavy atom. The summed E-state index contributed by atoms with van der Waals surface area (Å²) in [5.41, 5.74) is 6.51. The number of benzene rings is 5. The Balaban J connectivity index is 1.13. The highest BCUT2D eigenvalue weighted by Gasteiger charge is 2.66. The lowest BCUT2D eigenvalue weighted by molar-refractivity contribution is -0.146. The Labute approximate surface area is 340 Å². The fourth-order valence-corrected chi connectivity index (χ4v) is 14.4. The number of amides is 3. The number of hydrogen-bond donors (Lipinski definition) is 1. The molecule has 9 nitrogen and oxygen atoms in total. The van der Waals surface area contributed by atoms with Gasteiger partial charge in [0.15, 0.2) is 5.60 Å². The van der Waals surface area contributed by atoms with Gasteiger partial charge in [0, 0.05) is 42.3 Å². The van der Waals surface area contributed by atoms with E-state index in [4.69, 9.17) is 9.47 Å². The van der Waals surface area contributed by atoms with E-state index >= 15 is 4.79 Å². The van der Waals surface area contributed by atoms with Crippen molar-refractivity contribution in [2.45, 2.75) is 75.9 Å². The molecule has 1 saturated heterocycles. The lowest BCUT2D eigenvalue weighted by Gasteiger charge is -2.37. The van der Waals surface area contributed by atoms with Gasteiger partial charge in [0.2, 0.25) is 11.8 Å². The third kappa shape index (κ3) is 5.99. The van der Waals surface area contributed by atoms with Crippen LogP contribution in [-0.2, 0) is 44.1 Å². The van der Waals surface area contributed by atoms with E-state index in [-0.39, 0.29) is 48.4 Å². The fourth-order valence-electron chi connectivity index (χ4n) is 10.4. The number of aliphatic hydroxyl groups is 1. The largest absolute Gasteiger partial charge is 0.497 e. The molecule has 1 N–H and O–H groups in total. The molecule has 4 atom stereocenters. The molecule has 4 heterocycles. The van der Waals surface area contributed by atoms with E-state index in [0.717, 1.165) is 57.2 Å². The molecule has 3 amide bonds. The molecule has 0 radical (unpaired) electrons. The molecule has 0 aromatic heterocycles. The van der Waals surface area contributed by atoms with E-state index in [1.54, 1.807) is 16.9 Å². The number of fused-ring (bicyclic) bond motifs is 4. The molecule has 0 unspecified atom stereocenters. The van der Waals surface area contributed by atoms with Crippen LogP contribution >= 0.6 is 0 Å². The molecule has 1 fully saturated rings. The molecular formula is C48H49N3O6Si. The smallest absolute Gasteiger partial charge is 0.264 e. The molecule has 10 heteroatoms. The van der Waals surface area contributed by atoms with Crippen LogP contribution in [0.25, 0.3) is 0 Å². The Hall–Kier alpha value is -5.55. The van der Waals surface area contributed by atoms with Gasteiger partial charge in [0.25, 0.3) is 5.91 Å². The first-order chi connectivity index (χ1) is 28.1. The van der Waals surface area contributed by atoms with E-state index < -0.39 is 13.7 Å². The number of rotatable bonds is 9. The maximum atomic E-state index is 15.5. The van der Waals surface area contributed by atoms with Gasteiger partial charge in [-0.25, -0.2) is 0 Å². The fraction of sp³-hybridized carbons (Fsp3) is 0.312. The Kier molecular flexibility index (Phi) is 9.61. The van der Waals surface area contributed by atoms with Crippen molar-refractivity contribution < 1.29 is 29.0 Å². The minimum Gasteiger partial charge on any atom is -0.497 e. The number of para-hydroxylation sites is 2. The molecule has 0 bridgehead atoms. The predicted octanol–water partition coefficient (Wildman–Crippen LogP) is 8.06. The molecule has 4 aliphatic rings. The summed E-state index contributed by atoms with van der Waals surface area (Å²) in [5.74, 6) is 0.434. The molecule has 1 spiro atoms. The zero-order valence-corrected chi connectivity index (χ0v) is 34.5. The van der Waals surface area contributed by atoms with Gasteiger partial charge in [-0.2, -0.15) is 0 Å². The Morgan fingerprint density at radius 3 is 1.93 bits per heavy atom. The highest BCUT2D eigenvalue weighted by molar-refractivity contribution is 6.91. The van der Waals surface area contributed by atoms with Crippen LogP contribution in [0.5, 0.6) is 5.75 Å². The van der Waals surface area contributed by atoms with Crippen LogP contribution in [0, 0.1) is 5.92 Å². The normalized spacial score (nSPS) is 22.7. The van der Waals surface area contributed by atoms with Crippen molar-refractivity contribution in [1.82, 2.24) is 0 Å². The topological polar surface area (TPSA) is 99.6 Å². The summed E-state index contributed by atoms with van der Waals surface area (Å²) in [7, 11) is -0.743. The van der Waals surface area contributed by atoms with Crippen molar-refractivity contribution in [2.24, 2.45) is 5.92 Å². The number of aryl methyl sites for hydroxylation is 2. The number of hydrogen-bond acceptors (Lipinski definition) is 6. The van der Waals surface area contributed by atoms with Gasteiger partial charge in [0.1, 0.15) is 5.75 Å². The molecule has 4 aliphatic heterocycles. The molecule has 5 aromatic carbocycles. The van der Waals surface area contributed by atoms with Crippen LogP contribution < -0.4 is 24.6 Å². The number of nitrogens with zero attached hydrogens (tertiary/aromatic N) is 3. The first-order valence-electron chi connectivity index (χ1n) is 20.4. The summed E-state index contributed by atoms with van der Waals surface area (Å²) in [6.07, 6.45) is 2.26. The average molecular weight is 792 g/mol. The zero-order chi connectivity index (χ0) is 40.3. The van der Waals surface area contributed by atoms with E-state index in [1.807, 2.05) is 95.9 Å². The third-order valence-corrected chi connectivity index (χ3v) is 17.6. The predicted molar refractivity (Wildman–Crippen MR) is 229 cm³/mol. The summed E-state index contributed by atoms with van der Waals surface area (Å²) < 4.78 is 12.7. The van der Waals surface area contributed by atoms with Crippen LogP contribution in [0.3, 0.4) is 0 Å². The van der Waals surface area contributed by atoms with E-state index in [1.165, 1.54) is 5.19 Å². The van der Waals surface area contributed by atoms with Crippen LogP contribution in [0.1, 0.15) is 48.4 Å². The maximum absolute atomic E-state index is 15.5. The summed E-state index contributed by atoms with van der Waals surface area (Å²) in [4.78, 5) is 47.8. The molecular weight excluding hydrogens is 743 g/mol. The summed E-state index contributed by atoms with van der Waals surface area (Å²) >= 11 is 0. The number of carbonyl (C=O) groups is 3. The monoisotopic (exact) mass is 791 g/mol. The molecule has 9 rings (SSSR count). The second-order valence-corrected chi connectivity index (χ2v) is 21.3. The number of carbonyl (C=O) groups excluding carboxylic acids is 3. The van der Waals surface area contributed by atoms with Crippen LogP contribution in [0.4, 0.5) is 28.4 Å². The van der Waals surface area contributed by atoms with Crippen molar-refractivity contribution in [1.29, 1.82) is 0 Å². The van der Waals surface area contributed by atoms with Crippen molar-refractivity contribution in [3.63, 3.8) is 0 Å². The van der Waals surface area contributed by atoms with E-state index in [2.05, 4.69) is 44.3 Å². The van der Waals surface area contributed by atoms with Crippen LogP contribution in [0.15, 0.2) is 115 Å². The number of anilines is 5. The summed E-state index contributed by atoms with van der Waals surface area (Å²) in [6, 6.07) is 38.1. The van der Waals surface area contributed by atoms with Crippen LogP contribution in [-0.4, -0.2) is 50.7 Å². The SMILES string of the molecule is COc1ccc([Si](C)(C)[C@@H]2[C@@H](CCO)O[C@]3(C(=O)N(Cc4ccc(N5C(=O)CCc6ccccc65)cc4)c4ccc(N5C(=O)CCc6ccccc65)cc43)[C@H]2C)cc1. The van der Waals surface area contributed by atoms with Gasteiger partial charge in [-0.3, -0.25) is 24.2 Å². The van der Waals surface area contributed by atoms with Gasteiger partial charge in [-0.1, -0.05) is 85.9 Å². The van der Waals surface area contributed by atoms with E-state index in [0.29, 0.717) is 31.4 Å². The van der Waals surface area contributed by atoms with Crippen molar-refractivity contribution in [3.8, 4) is 5.75 Å². The summed E-state index contributed by atoms with van der Waals surface area (Å²) in [5, 5.41) is 11.7. The highest BCUT2D eigenvalue weighted by atomic mass is 28.3. The Bertz CT molecular complexity index is 2420. The van der Waals surface area contributed by atoms with E-state index in [9.17, 15) is 14.7 Å². The second kappa shape index (κ2) is 14.7. The molecule has 296 valence electrons. The van der Waals surface area contributed by atoms with Crippen LogP contribution in [0.2, 0.25) is 18.6 Å². The van der Waals surface area contributed by atoms with Gasteiger partial charge >= 0.3 is 0 Å². The zero-order valence-electron chi connectivity index (χ0n) is 33.5. The van der Waals surface area contributed by atoms with Gasteiger partial charge < -0.3 is 19.5 Å². The molecule has 0 aliphatic carbocycles. The maximum Gasteiger partial charge on any atom is 0.264 e. The Morgan fingerprint density at radius 1 is 0.741 bits per heavy atom. The summed E-state index contributed by atoms with van der Waals surface area (Å²) in [6.45, 7) is 7.01. The van der Waals surface area contributed by atoms with Gasteiger partial charge in [-0.05, 0) is 96.1 Å². The standard InChI is InChI=1S/C48H49N3O6Si/c1-31-46(58(3,4)38-22-20-37(56-2)21-23-38)43(27-28-52)57-48(31)39-29-36(51-41-12-8-6-10-34(41)16-26-45(51)54)19-24-42(39)49(47(48)55)30-32-13-17-35(18-14-32)50-40-11-7-5-9-33(40)15-25-44(50)53/h5-14,17-24,29,31,43,46,52H,15-16,25-28,30H2,1-4H3/t31-,43+,46-,48+/m0/s1. The number of methoxy groups -OCH3 is 1. The second-order valence-electron chi connectivity index (χ2n) is 16.6. The minimum absolute atomic E-state index is 0.00764. The van der Waals surface area contributed by atoms with Gasteiger partial charge in [-0.15, -0.1) is 0 Å². The first-order valence-corrected chi connectivity index (χ1v) is 23.4.